The maximum absolute atomic E-state index is 5.66. The molecule has 4 aromatic rings. The Balaban J connectivity index is 1.20. The zero-order chi connectivity index (χ0) is 22.1. The van der Waals surface area contributed by atoms with Gasteiger partial charge in [0.15, 0.2) is 0 Å². The summed E-state index contributed by atoms with van der Waals surface area (Å²) in [7, 11) is 3.94. The number of aromatic nitrogens is 2. The predicted molar refractivity (Wildman–Crippen MR) is 134 cm³/mol. The minimum Gasteiger partial charge on any atom is -0.497 e. The van der Waals surface area contributed by atoms with Crippen molar-refractivity contribution in [2.24, 2.45) is 18.9 Å². The van der Waals surface area contributed by atoms with Crippen molar-refractivity contribution in [2.45, 2.75) is 31.7 Å². The molecule has 6 heteroatoms. The molecule has 5 nitrogen and oxygen atoms in total. The van der Waals surface area contributed by atoms with Gasteiger partial charge >= 0.3 is 0 Å². The van der Waals surface area contributed by atoms with E-state index in [1.165, 1.54) is 50.4 Å². The Kier molecular flexibility index (Phi) is 4.50. The summed E-state index contributed by atoms with van der Waals surface area (Å²) in [5, 5.41) is 2.66. The van der Waals surface area contributed by atoms with Crippen LogP contribution >= 0.6 is 11.3 Å². The Morgan fingerprint density at radius 3 is 2.76 bits per heavy atom. The highest BCUT2D eigenvalue weighted by atomic mass is 32.1. The molecule has 170 valence electrons. The molecule has 2 aliphatic heterocycles. The number of anilines is 1. The first-order valence-corrected chi connectivity index (χ1v) is 12.9. The number of ether oxygens (including phenoxy) is 2. The van der Waals surface area contributed by atoms with Gasteiger partial charge in [-0.3, -0.25) is 0 Å². The molecule has 2 aromatic carbocycles. The molecule has 7 rings (SSSR count). The Hall–Kier alpha value is -2.57. The fourth-order valence-electron chi connectivity index (χ4n) is 6.32. The molecule has 0 spiro atoms. The molecule has 1 saturated heterocycles. The summed E-state index contributed by atoms with van der Waals surface area (Å²) in [4.78, 5) is 7.58. The third kappa shape index (κ3) is 3.11. The van der Waals surface area contributed by atoms with E-state index in [4.69, 9.17) is 14.5 Å². The molecule has 2 aromatic heterocycles. The molecule has 0 radical (unpaired) electrons. The van der Waals surface area contributed by atoms with Gasteiger partial charge in [-0.1, -0.05) is 0 Å². The molecular weight excluding hydrogens is 430 g/mol. The monoisotopic (exact) mass is 459 g/mol. The quantitative estimate of drug-likeness (QED) is 0.406. The lowest BCUT2D eigenvalue weighted by Crippen LogP contribution is -2.30. The second-order valence-corrected chi connectivity index (χ2v) is 10.8. The lowest BCUT2D eigenvalue weighted by molar-refractivity contribution is 0.135. The first kappa shape index (κ1) is 19.9. The van der Waals surface area contributed by atoms with Crippen LogP contribution < -0.4 is 9.64 Å². The van der Waals surface area contributed by atoms with Gasteiger partial charge in [0.25, 0.3) is 0 Å². The number of benzene rings is 2. The summed E-state index contributed by atoms with van der Waals surface area (Å²) >= 11 is 1.92. The average Bonchev–Trinajstić information content (AvgIpc) is 3.35. The van der Waals surface area contributed by atoms with E-state index in [1.807, 2.05) is 11.3 Å². The number of methoxy groups -OCH3 is 1. The molecule has 33 heavy (non-hydrogen) atoms. The summed E-state index contributed by atoms with van der Waals surface area (Å²) in [6.07, 6.45) is 3.45. The number of hydrogen-bond acceptors (Lipinski definition) is 5. The van der Waals surface area contributed by atoms with Gasteiger partial charge in [0.05, 0.1) is 22.3 Å². The van der Waals surface area contributed by atoms with Crippen LogP contribution in [0.3, 0.4) is 0 Å². The van der Waals surface area contributed by atoms with E-state index in [2.05, 4.69) is 52.9 Å². The van der Waals surface area contributed by atoms with E-state index < -0.39 is 0 Å². The molecule has 2 unspecified atom stereocenters. The second-order valence-electron chi connectivity index (χ2n) is 9.79. The van der Waals surface area contributed by atoms with Crippen LogP contribution in [-0.2, 0) is 24.8 Å². The fourth-order valence-corrected chi connectivity index (χ4v) is 7.57. The fraction of sp³-hybridized carbons (Fsp3) is 0.444. The van der Waals surface area contributed by atoms with Crippen molar-refractivity contribution in [1.82, 2.24) is 9.55 Å². The molecule has 0 bridgehead atoms. The lowest BCUT2D eigenvalue weighted by atomic mass is 10.0. The van der Waals surface area contributed by atoms with Gasteiger partial charge in [-0.05, 0) is 61.1 Å². The molecule has 3 atom stereocenters. The van der Waals surface area contributed by atoms with Crippen LogP contribution in [-0.4, -0.2) is 36.4 Å². The van der Waals surface area contributed by atoms with Crippen molar-refractivity contribution < 1.29 is 9.47 Å². The van der Waals surface area contributed by atoms with Gasteiger partial charge in [-0.25, -0.2) is 4.98 Å². The molecule has 4 heterocycles. The Morgan fingerprint density at radius 2 is 1.94 bits per heavy atom. The molecule has 2 fully saturated rings. The van der Waals surface area contributed by atoms with Gasteiger partial charge in [0.1, 0.15) is 5.75 Å². The first-order chi connectivity index (χ1) is 16.2. The van der Waals surface area contributed by atoms with Crippen LogP contribution in [0.5, 0.6) is 5.75 Å². The topological polar surface area (TPSA) is 39.5 Å². The highest BCUT2D eigenvalue weighted by molar-refractivity contribution is 7.18. The van der Waals surface area contributed by atoms with Gasteiger partial charge in [0, 0.05) is 73.5 Å². The highest BCUT2D eigenvalue weighted by Gasteiger charge is 2.52. The number of aryl methyl sites for hydroxylation is 1. The van der Waals surface area contributed by atoms with E-state index in [1.54, 1.807) is 7.11 Å². The molecule has 3 aliphatic rings. The minimum absolute atomic E-state index is 0.665. The zero-order valence-electron chi connectivity index (χ0n) is 19.2. The van der Waals surface area contributed by atoms with Crippen molar-refractivity contribution >= 4 is 38.1 Å². The molecule has 0 amide bonds. The van der Waals surface area contributed by atoms with Crippen molar-refractivity contribution in [2.75, 3.05) is 31.8 Å². The third-order valence-electron chi connectivity index (χ3n) is 8.17. The number of thiazole rings is 1. The molecule has 1 saturated carbocycles. The van der Waals surface area contributed by atoms with Crippen LogP contribution in [0.25, 0.3) is 21.1 Å². The number of nitrogens with zero attached hydrogens (tertiary/aromatic N) is 3. The van der Waals surface area contributed by atoms with Crippen LogP contribution in [0.1, 0.15) is 35.0 Å². The van der Waals surface area contributed by atoms with E-state index in [-0.39, 0.29) is 0 Å². The van der Waals surface area contributed by atoms with Crippen LogP contribution in [0.4, 0.5) is 5.69 Å². The Labute approximate surface area is 197 Å². The Morgan fingerprint density at radius 1 is 1.09 bits per heavy atom. The summed E-state index contributed by atoms with van der Waals surface area (Å²) in [6.45, 7) is 3.81. The van der Waals surface area contributed by atoms with E-state index in [0.29, 0.717) is 5.92 Å². The molecular formula is C27H29N3O2S. The van der Waals surface area contributed by atoms with Gasteiger partial charge in [-0.2, -0.15) is 0 Å². The van der Waals surface area contributed by atoms with Crippen molar-refractivity contribution in [3.63, 3.8) is 0 Å². The SMILES string of the molecule is COc1ccc2c(c1)c1c(n2C)CCN(c2ccc3nc(C4C5CCOCC[C@H]54)sc3c2)C1. The minimum atomic E-state index is 0.665. The van der Waals surface area contributed by atoms with E-state index in [9.17, 15) is 0 Å². The third-order valence-corrected chi connectivity index (χ3v) is 9.29. The standard InChI is InChI=1S/C27H29N3O2S/c1-29-23-6-4-17(31-2)14-20(23)21-15-30(10-7-24(21)29)16-3-5-22-25(13-16)33-27(28-22)26-18-8-11-32-12-9-19(18)26/h3-6,13-14,18-19,26H,7-12,15H2,1-2H3/t18-,19?,26?/m1/s1. The summed E-state index contributed by atoms with van der Waals surface area (Å²) in [5.41, 5.74) is 6.64. The number of fused-ring (bicyclic) bond motifs is 5. The van der Waals surface area contributed by atoms with E-state index >= 15 is 0 Å². The van der Waals surface area contributed by atoms with Crippen LogP contribution in [0, 0.1) is 11.8 Å². The van der Waals surface area contributed by atoms with Crippen LogP contribution in [0.15, 0.2) is 36.4 Å². The lowest BCUT2D eigenvalue weighted by Gasteiger charge is -2.30. The largest absolute Gasteiger partial charge is 0.497 e. The zero-order valence-corrected chi connectivity index (χ0v) is 20.0. The smallest absolute Gasteiger partial charge is 0.119 e. The number of hydrogen-bond donors (Lipinski definition) is 0. The van der Waals surface area contributed by atoms with Crippen molar-refractivity contribution in [3.8, 4) is 5.75 Å². The second kappa shape index (κ2) is 7.47. The summed E-state index contributed by atoms with van der Waals surface area (Å²) < 4.78 is 14.9. The van der Waals surface area contributed by atoms with Gasteiger partial charge < -0.3 is 18.9 Å². The highest BCUT2D eigenvalue weighted by Crippen LogP contribution is 2.59. The maximum atomic E-state index is 5.66. The van der Waals surface area contributed by atoms with Crippen LogP contribution in [0.2, 0.25) is 0 Å². The van der Waals surface area contributed by atoms with Crippen molar-refractivity contribution in [3.05, 3.63) is 52.7 Å². The molecule has 1 aliphatic carbocycles. The van der Waals surface area contributed by atoms with Gasteiger partial charge in [-0.15, -0.1) is 11.3 Å². The summed E-state index contributed by atoms with van der Waals surface area (Å²) in [5.74, 6) is 3.17. The number of rotatable bonds is 3. The van der Waals surface area contributed by atoms with E-state index in [0.717, 1.165) is 55.8 Å². The Bertz CT molecular complexity index is 1360. The summed E-state index contributed by atoms with van der Waals surface area (Å²) in [6, 6.07) is 13.3. The normalized spacial score (nSPS) is 24.5. The molecule has 0 N–H and O–H groups in total. The first-order valence-electron chi connectivity index (χ1n) is 12.1. The predicted octanol–water partition coefficient (Wildman–Crippen LogP) is 5.50. The average molecular weight is 460 g/mol. The maximum Gasteiger partial charge on any atom is 0.119 e. The van der Waals surface area contributed by atoms with Crippen molar-refractivity contribution in [1.29, 1.82) is 0 Å². The van der Waals surface area contributed by atoms with Gasteiger partial charge in [0.2, 0.25) is 0 Å².